The van der Waals surface area contributed by atoms with Crippen molar-refractivity contribution in [3.63, 3.8) is 0 Å². The largest absolute Gasteiger partial charge is 0.481 e. The highest BCUT2D eigenvalue weighted by atomic mass is 16.7. The minimum absolute atomic E-state index is 0.0553. The van der Waals surface area contributed by atoms with Crippen LogP contribution in [-0.2, 0) is 23.8 Å². The molecule has 5 aliphatic carbocycles. The van der Waals surface area contributed by atoms with Crippen LogP contribution in [0.5, 0.6) is 0 Å². The Morgan fingerprint density at radius 3 is 2.23 bits per heavy atom. The second-order valence-corrected chi connectivity index (χ2v) is 17.3. The first-order valence-corrected chi connectivity index (χ1v) is 17.5. The van der Waals surface area contributed by atoms with Crippen LogP contribution in [0.2, 0.25) is 0 Å². The Morgan fingerprint density at radius 2 is 1.60 bits per heavy atom. The monoisotopic (exact) mass is 664 g/mol. The van der Waals surface area contributed by atoms with Gasteiger partial charge in [0.05, 0.1) is 43.4 Å². The highest BCUT2D eigenvalue weighted by molar-refractivity contribution is 5.80. The fraction of sp³-hybridized carbons (Fsp3) is 0.889. The van der Waals surface area contributed by atoms with E-state index in [4.69, 9.17) is 14.2 Å². The molecule has 11 nitrogen and oxygen atoms in total. The number of carbonyl (C=O) groups excluding carboxylic acids is 1. The van der Waals surface area contributed by atoms with E-state index in [9.17, 15) is 40.2 Å². The first kappa shape index (κ1) is 35.2. The highest BCUT2D eigenvalue weighted by Crippen LogP contribution is 2.76. The van der Waals surface area contributed by atoms with Crippen LogP contribution in [0.25, 0.3) is 0 Å². The van der Waals surface area contributed by atoms with Crippen molar-refractivity contribution in [3.8, 4) is 0 Å². The van der Waals surface area contributed by atoms with Gasteiger partial charge in [-0.3, -0.25) is 9.59 Å². The first-order valence-electron chi connectivity index (χ1n) is 17.5. The molecule has 0 radical (unpaired) electrons. The summed E-state index contributed by atoms with van der Waals surface area (Å²) in [4.78, 5) is 26.1. The van der Waals surface area contributed by atoms with Gasteiger partial charge in [0.1, 0.15) is 18.3 Å². The number of aliphatic hydroxyl groups is 5. The van der Waals surface area contributed by atoms with E-state index in [0.29, 0.717) is 38.5 Å². The van der Waals surface area contributed by atoms with Crippen LogP contribution < -0.4 is 0 Å². The molecule has 6 rings (SSSR count). The number of fused-ring (bicyclic) bond motifs is 7. The summed E-state index contributed by atoms with van der Waals surface area (Å²) in [6, 6.07) is 0. The van der Waals surface area contributed by atoms with Gasteiger partial charge >= 0.3 is 11.9 Å². The second-order valence-electron chi connectivity index (χ2n) is 17.3. The van der Waals surface area contributed by atoms with Crippen molar-refractivity contribution in [3.05, 3.63) is 11.6 Å². The third-order valence-corrected chi connectivity index (χ3v) is 15.3. The van der Waals surface area contributed by atoms with Crippen LogP contribution in [0.15, 0.2) is 11.6 Å². The van der Waals surface area contributed by atoms with Gasteiger partial charge in [-0.05, 0) is 98.7 Å². The summed E-state index contributed by atoms with van der Waals surface area (Å²) in [5, 5.41) is 64.3. The van der Waals surface area contributed by atoms with E-state index in [1.54, 1.807) is 0 Å². The van der Waals surface area contributed by atoms with Crippen molar-refractivity contribution >= 4 is 11.9 Å². The van der Waals surface area contributed by atoms with Gasteiger partial charge in [0.15, 0.2) is 6.29 Å². The number of methoxy groups -OCH3 is 1. The number of rotatable bonds is 5. The molecule has 4 saturated carbocycles. The maximum Gasteiger partial charge on any atom is 0.311 e. The van der Waals surface area contributed by atoms with Gasteiger partial charge in [-0.25, -0.2) is 0 Å². The lowest BCUT2D eigenvalue weighted by Gasteiger charge is -2.71. The van der Waals surface area contributed by atoms with Crippen LogP contribution in [0.3, 0.4) is 0 Å². The summed E-state index contributed by atoms with van der Waals surface area (Å²) in [7, 11) is 1.40. The molecule has 0 amide bonds. The van der Waals surface area contributed by atoms with Crippen LogP contribution in [-0.4, -0.2) is 99.7 Å². The molecule has 1 aliphatic heterocycles. The summed E-state index contributed by atoms with van der Waals surface area (Å²) < 4.78 is 17.0. The molecule has 6 aliphatic rings. The predicted molar refractivity (Wildman–Crippen MR) is 168 cm³/mol. The average Bonchev–Trinajstić information content (AvgIpc) is 3.02. The smallest absolute Gasteiger partial charge is 0.311 e. The summed E-state index contributed by atoms with van der Waals surface area (Å²) in [5.41, 5.74) is -2.39. The van der Waals surface area contributed by atoms with Crippen LogP contribution in [0.1, 0.15) is 92.4 Å². The molecule has 0 aromatic carbocycles. The number of carboxylic acid groups (broad SMARTS) is 1. The lowest BCUT2D eigenvalue weighted by Crippen LogP contribution is -2.69. The zero-order chi connectivity index (χ0) is 34.5. The van der Waals surface area contributed by atoms with Crippen molar-refractivity contribution in [2.45, 2.75) is 129 Å². The number of hydrogen-bond donors (Lipinski definition) is 6. The van der Waals surface area contributed by atoms with Gasteiger partial charge in [0.25, 0.3) is 0 Å². The maximum atomic E-state index is 13.1. The molecule has 1 heterocycles. The van der Waals surface area contributed by atoms with Gasteiger partial charge in [0.2, 0.25) is 0 Å². The Labute approximate surface area is 277 Å². The Balaban J connectivity index is 1.35. The van der Waals surface area contributed by atoms with Gasteiger partial charge in [-0.2, -0.15) is 0 Å². The molecular formula is C36H56O11. The molecule has 266 valence electrons. The fourth-order valence-corrected chi connectivity index (χ4v) is 12.3. The summed E-state index contributed by atoms with van der Waals surface area (Å²) in [6.45, 7) is 10.2. The molecule has 11 heteroatoms. The minimum Gasteiger partial charge on any atom is -0.481 e. The van der Waals surface area contributed by atoms with Crippen molar-refractivity contribution in [2.75, 3.05) is 20.3 Å². The molecule has 15 atom stereocenters. The van der Waals surface area contributed by atoms with E-state index in [1.165, 1.54) is 7.11 Å². The lowest BCUT2D eigenvalue weighted by molar-refractivity contribution is -0.328. The molecule has 5 fully saturated rings. The number of aliphatic carboxylic acids is 1. The highest BCUT2D eigenvalue weighted by Gasteiger charge is 2.71. The molecule has 0 aromatic rings. The molecule has 0 spiro atoms. The Kier molecular flexibility index (Phi) is 8.60. The average molecular weight is 665 g/mol. The van der Waals surface area contributed by atoms with Gasteiger partial charge in [0, 0.05) is 5.41 Å². The maximum absolute atomic E-state index is 13.1. The molecule has 0 unspecified atom stereocenters. The topological polar surface area (TPSA) is 183 Å². The Hall–Kier alpha value is -1.60. The quantitative estimate of drug-likeness (QED) is 0.144. The number of hydrogen-bond acceptors (Lipinski definition) is 10. The first-order chi connectivity index (χ1) is 21.9. The standard InChI is InChI=1S/C36H56O11/c1-31(30(44)45-6)11-13-36(29(42)43)14-12-34(4)19(20(36)15-31)7-8-24-32(2)16-21(38)27(47-28-26(41)25(40)22(39)17-46-28)33(3,18-37)23(32)9-10-35(24,34)5/h7,20-28,37-41H,8-18H2,1-6H3,(H,42,43)/t20-,21-,22+,23+,24-,25+,26+,27-,28+,31-,32-,33-,34+,35-,36+/m0/s1. The summed E-state index contributed by atoms with van der Waals surface area (Å²) >= 11 is 0. The van der Waals surface area contributed by atoms with Crippen LogP contribution >= 0.6 is 0 Å². The zero-order valence-corrected chi connectivity index (χ0v) is 28.8. The van der Waals surface area contributed by atoms with Crippen molar-refractivity contribution in [2.24, 2.45) is 50.2 Å². The van der Waals surface area contributed by atoms with E-state index in [2.05, 4.69) is 26.8 Å². The number of carbonyl (C=O) groups is 2. The van der Waals surface area contributed by atoms with E-state index in [-0.39, 0.29) is 47.8 Å². The zero-order valence-electron chi connectivity index (χ0n) is 28.8. The number of allylic oxidation sites excluding steroid dienone is 2. The molecule has 6 N–H and O–H groups in total. The Bertz CT molecular complexity index is 1300. The van der Waals surface area contributed by atoms with Crippen LogP contribution in [0.4, 0.5) is 0 Å². The van der Waals surface area contributed by atoms with Crippen molar-refractivity contribution in [1.82, 2.24) is 0 Å². The number of carboxylic acids is 1. The van der Waals surface area contributed by atoms with Gasteiger partial charge in [-0.1, -0.05) is 39.3 Å². The molecule has 0 aromatic heterocycles. The summed E-state index contributed by atoms with van der Waals surface area (Å²) in [5.74, 6) is -1.29. The minimum atomic E-state index is -1.51. The SMILES string of the molecule is COC(=O)[C@@]1(C)CC[C@@]2(C(=O)O)CC[C@]3(C)C(=CC[C@H]4[C@@]5(C)C[C@H](O)[C@H](O[C@H]6OC[C@@H](O)[C@@H](O)[C@H]6O)[C@@](C)(CO)[C@@H]5CC[C@@]43C)[C@@H]2C1. The number of aliphatic hydroxyl groups excluding tert-OH is 5. The van der Waals surface area contributed by atoms with E-state index in [1.807, 2.05) is 13.8 Å². The molecule has 47 heavy (non-hydrogen) atoms. The van der Waals surface area contributed by atoms with Crippen molar-refractivity contribution < 1.29 is 54.4 Å². The number of esters is 1. The van der Waals surface area contributed by atoms with E-state index in [0.717, 1.165) is 24.8 Å². The van der Waals surface area contributed by atoms with E-state index >= 15 is 0 Å². The normalized spacial score (nSPS) is 54.2. The molecule has 1 saturated heterocycles. The predicted octanol–water partition coefficient (Wildman–Crippen LogP) is 2.79. The summed E-state index contributed by atoms with van der Waals surface area (Å²) in [6.07, 6.45) is 0.204. The number of ether oxygens (including phenoxy) is 3. The third kappa shape index (κ3) is 4.69. The lowest BCUT2D eigenvalue weighted by atomic mass is 9.33. The van der Waals surface area contributed by atoms with E-state index < -0.39 is 64.4 Å². The molecular weight excluding hydrogens is 608 g/mol. The third-order valence-electron chi connectivity index (χ3n) is 15.3. The van der Waals surface area contributed by atoms with Gasteiger partial charge in [-0.15, -0.1) is 0 Å². The molecule has 0 bridgehead atoms. The van der Waals surface area contributed by atoms with Gasteiger partial charge < -0.3 is 44.8 Å². The fourth-order valence-electron chi connectivity index (χ4n) is 12.3. The van der Waals surface area contributed by atoms with Crippen molar-refractivity contribution in [1.29, 1.82) is 0 Å². The Morgan fingerprint density at radius 1 is 0.915 bits per heavy atom. The van der Waals surface area contributed by atoms with Crippen LogP contribution in [0, 0.1) is 50.2 Å². The second kappa shape index (κ2) is 11.5.